The molecule has 18 nitrogen and oxygen atoms in total. The number of hydrogen-bond acceptors (Lipinski definition) is 18. The fraction of sp³-hybridized carbons (Fsp3) is 0.571. The van der Waals surface area contributed by atoms with Gasteiger partial charge in [0.15, 0.2) is 30.7 Å². The van der Waals surface area contributed by atoms with Crippen molar-refractivity contribution in [2.45, 2.75) is 117 Å². The number of carbonyl (C=O) groups excluding carboxylic acids is 7. The second kappa shape index (κ2) is 19.5. The third-order valence-electron chi connectivity index (χ3n) is 7.26. The highest BCUT2D eigenvalue weighted by Gasteiger charge is 2.58. The maximum atomic E-state index is 12.6. The Hall–Kier alpha value is -5.25. The van der Waals surface area contributed by atoms with Crippen molar-refractivity contribution in [3.05, 3.63) is 29.8 Å². The summed E-state index contributed by atoms with van der Waals surface area (Å²) >= 11 is 0. The SMILES string of the molecule is CC#Cc1ccc(O[C@@H]2O[C@H](COC(C)=O)[C@@H](O[C@H]3O[C@H](COC(C)=O)[C@@H](OC(C)=O)[C@@H](OC(C)=O)[C@H]3OC(C)=O)[C@@H](OC(C)=O)[C@H]2OC(C)=O)cc1. The molecule has 0 aliphatic carbocycles. The molecule has 0 radical (unpaired) electrons. The zero-order chi connectivity index (χ0) is 39.4. The fourth-order valence-corrected chi connectivity index (χ4v) is 5.46. The molecule has 0 bridgehead atoms. The van der Waals surface area contributed by atoms with Crippen LogP contribution in [0.2, 0.25) is 0 Å². The molecule has 0 spiro atoms. The Morgan fingerprint density at radius 1 is 0.528 bits per heavy atom. The topological polar surface area (TPSA) is 221 Å². The van der Waals surface area contributed by atoms with E-state index in [0.717, 1.165) is 48.5 Å². The molecule has 2 aliphatic heterocycles. The summed E-state index contributed by atoms with van der Waals surface area (Å²) in [5, 5.41) is 0. The predicted octanol–water partition coefficient (Wildman–Crippen LogP) is 1.06. The van der Waals surface area contributed by atoms with Crippen LogP contribution in [0.1, 0.15) is 61.0 Å². The highest BCUT2D eigenvalue weighted by molar-refractivity contribution is 5.69. The van der Waals surface area contributed by atoms with Crippen LogP contribution in [-0.2, 0) is 80.9 Å². The lowest BCUT2D eigenvalue weighted by Crippen LogP contribution is -2.67. The highest BCUT2D eigenvalue weighted by atomic mass is 16.8. The van der Waals surface area contributed by atoms with Crippen LogP contribution in [0.3, 0.4) is 0 Å². The Morgan fingerprint density at radius 3 is 1.38 bits per heavy atom. The van der Waals surface area contributed by atoms with Crippen molar-refractivity contribution in [3.8, 4) is 17.6 Å². The lowest BCUT2D eigenvalue weighted by Gasteiger charge is -2.48. The summed E-state index contributed by atoms with van der Waals surface area (Å²) in [6.45, 7) is 8.05. The second-order valence-corrected chi connectivity index (χ2v) is 11.7. The van der Waals surface area contributed by atoms with E-state index in [1.165, 1.54) is 0 Å². The van der Waals surface area contributed by atoms with E-state index in [1.807, 2.05) is 0 Å². The maximum Gasteiger partial charge on any atom is 0.303 e. The van der Waals surface area contributed by atoms with Gasteiger partial charge in [-0.05, 0) is 31.2 Å². The molecule has 1 aromatic carbocycles. The molecule has 0 N–H and O–H groups in total. The van der Waals surface area contributed by atoms with E-state index in [9.17, 15) is 33.6 Å². The molecule has 0 unspecified atom stereocenters. The average molecular weight is 751 g/mol. The van der Waals surface area contributed by atoms with Gasteiger partial charge >= 0.3 is 41.8 Å². The quantitative estimate of drug-likeness (QED) is 0.156. The van der Waals surface area contributed by atoms with Gasteiger partial charge in [0.1, 0.15) is 37.3 Å². The summed E-state index contributed by atoms with van der Waals surface area (Å²) in [6, 6.07) is 6.45. The van der Waals surface area contributed by atoms with Gasteiger partial charge in [-0.15, -0.1) is 5.92 Å². The van der Waals surface area contributed by atoms with Crippen molar-refractivity contribution < 1.29 is 85.7 Å². The molecule has 2 fully saturated rings. The van der Waals surface area contributed by atoms with Crippen molar-refractivity contribution in [2.75, 3.05) is 13.2 Å². The number of esters is 7. The van der Waals surface area contributed by atoms with Gasteiger partial charge in [-0.3, -0.25) is 33.6 Å². The second-order valence-electron chi connectivity index (χ2n) is 11.7. The largest absolute Gasteiger partial charge is 0.463 e. The minimum atomic E-state index is -1.80. The number of benzene rings is 1. The van der Waals surface area contributed by atoms with Crippen molar-refractivity contribution in [1.82, 2.24) is 0 Å². The van der Waals surface area contributed by atoms with Gasteiger partial charge in [-0.1, -0.05) is 5.92 Å². The summed E-state index contributed by atoms with van der Waals surface area (Å²) < 4.78 is 62.6. The van der Waals surface area contributed by atoms with Gasteiger partial charge in [0.2, 0.25) is 12.4 Å². The fourth-order valence-electron chi connectivity index (χ4n) is 5.46. The van der Waals surface area contributed by atoms with Gasteiger partial charge < -0.3 is 52.1 Å². The minimum Gasteiger partial charge on any atom is -0.463 e. The van der Waals surface area contributed by atoms with E-state index < -0.39 is 116 Å². The summed E-state index contributed by atoms with van der Waals surface area (Å²) in [6.07, 6.45) is -15.7. The monoisotopic (exact) mass is 750 g/mol. The number of rotatable bonds is 13. The zero-order valence-electron chi connectivity index (χ0n) is 30.3. The van der Waals surface area contributed by atoms with E-state index in [4.69, 9.17) is 52.1 Å². The Balaban J connectivity index is 2.16. The standard InChI is InChI=1S/C35H42O18/c1-9-10-24-11-13-25(14-12-24)50-34-32(48-22(7)41)31(47-21(6)40)29(27(51-34)16-44-18(3)37)53-35-33(49-23(8)42)30(46-20(5)39)28(45-19(4)38)26(52-35)15-43-17(2)36/h11-14,26-35H,15-16H2,1-8H3/t26-,27-,28-,29-,30-,31-,32-,33-,34-,35-/m1/s1. The van der Waals surface area contributed by atoms with Crippen molar-refractivity contribution in [2.24, 2.45) is 0 Å². The normalized spacial score (nSPS) is 27.7. The van der Waals surface area contributed by atoms with Crippen LogP contribution >= 0.6 is 0 Å². The van der Waals surface area contributed by atoms with Gasteiger partial charge in [0, 0.05) is 54.0 Å². The number of ether oxygens (including phenoxy) is 11. The van der Waals surface area contributed by atoms with Crippen molar-refractivity contribution in [3.63, 3.8) is 0 Å². The van der Waals surface area contributed by atoms with Crippen LogP contribution in [0.15, 0.2) is 24.3 Å². The molecule has 2 heterocycles. The summed E-state index contributed by atoms with van der Waals surface area (Å²) in [7, 11) is 0. The molecular weight excluding hydrogens is 708 g/mol. The maximum absolute atomic E-state index is 12.6. The molecule has 10 atom stereocenters. The lowest BCUT2D eigenvalue weighted by atomic mass is 9.96. The first kappa shape index (κ1) is 42.2. The van der Waals surface area contributed by atoms with Crippen LogP contribution in [0, 0.1) is 11.8 Å². The van der Waals surface area contributed by atoms with Crippen LogP contribution in [-0.4, -0.2) is 116 Å². The minimum absolute atomic E-state index is 0.223. The molecule has 2 saturated heterocycles. The lowest BCUT2D eigenvalue weighted by molar-refractivity contribution is -0.354. The van der Waals surface area contributed by atoms with E-state index in [-0.39, 0.29) is 5.75 Å². The molecule has 2 aliphatic rings. The first-order valence-electron chi connectivity index (χ1n) is 16.3. The highest BCUT2D eigenvalue weighted by Crippen LogP contribution is 2.36. The van der Waals surface area contributed by atoms with Gasteiger partial charge in [0.25, 0.3) is 0 Å². The first-order chi connectivity index (χ1) is 25.0. The third kappa shape index (κ3) is 12.7. The third-order valence-corrected chi connectivity index (χ3v) is 7.26. The van der Waals surface area contributed by atoms with Crippen LogP contribution in [0.25, 0.3) is 0 Å². The number of carbonyl (C=O) groups is 7. The Labute approximate surface area is 304 Å². The molecule has 290 valence electrons. The average Bonchev–Trinajstić information content (AvgIpc) is 3.04. The molecule has 18 heteroatoms. The Bertz CT molecular complexity index is 1560. The zero-order valence-corrected chi connectivity index (χ0v) is 30.3. The van der Waals surface area contributed by atoms with E-state index in [0.29, 0.717) is 5.56 Å². The first-order valence-corrected chi connectivity index (χ1v) is 16.3. The smallest absolute Gasteiger partial charge is 0.303 e. The van der Waals surface area contributed by atoms with Crippen LogP contribution < -0.4 is 4.74 Å². The van der Waals surface area contributed by atoms with Gasteiger partial charge in [-0.25, -0.2) is 0 Å². The Morgan fingerprint density at radius 2 is 0.925 bits per heavy atom. The van der Waals surface area contributed by atoms with E-state index >= 15 is 0 Å². The molecule has 0 amide bonds. The summed E-state index contributed by atoms with van der Waals surface area (Å²) in [4.78, 5) is 85.8. The molecule has 53 heavy (non-hydrogen) atoms. The Kier molecular flexibility index (Phi) is 15.6. The van der Waals surface area contributed by atoms with Gasteiger partial charge in [-0.2, -0.15) is 0 Å². The molecule has 1 aromatic rings. The van der Waals surface area contributed by atoms with Crippen molar-refractivity contribution in [1.29, 1.82) is 0 Å². The van der Waals surface area contributed by atoms with E-state index in [1.54, 1.807) is 31.2 Å². The van der Waals surface area contributed by atoms with E-state index in [2.05, 4.69) is 11.8 Å². The molecular formula is C35H42O18. The summed E-state index contributed by atoms with van der Waals surface area (Å²) in [5.41, 5.74) is 0.671. The predicted molar refractivity (Wildman–Crippen MR) is 173 cm³/mol. The number of hydrogen-bond donors (Lipinski definition) is 0. The van der Waals surface area contributed by atoms with Gasteiger partial charge in [0.05, 0.1) is 0 Å². The molecule has 0 saturated carbocycles. The van der Waals surface area contributed by atoms with Crippen LogP contribution in [0.5, 0.6) is 5.75 Å². The van der Waals surface area contributed by atoms with Crippen LogP contribution in [0.4, 0.5) is 0 Å². The summed E-state index contributed by atoms with van der Waals surface area (Å²) in [5.74, 6) is 0.000667. The molecule has 3 rings (SSSR count). The van der Waals surface area contributed by atoms with Crippen molar-refractivity contribution >= 4 is 41.8 Å². The molecule has 0 aromatic heterocycles.